The summed E-state index contributed by atoms with van der Waals surface area (Å²) in [5, 5.41) is 11.3. The lowest BCUT2D eigenvalue weighted by atomic mass is 10.0. The molecular weight excluding hydrogens is 358 g/mol. The van der Waals surface area contributed by atoms with Crippen LogP contribution in [0.3, 0.4) is 0 Å². The Morgan fingerprint density at radius 3 is 2.50 bits per heavy atom. The van der Waals surface area contributed by atoms with Crippen LogP contribution in [0.15, 0.2) is 4.52 Å². The molecule has 1 aliphatic rings. The van der Waals surface area contributed by atoms with Gasteiger partial charge in [-0.1, -0.05) is 5.16 Å². The van der Waals surface area contributed by atoms with Crippen LogP contribution in [-0.2, 0) is 11.2 Å². The van der Waals surface area contributed by atoms with Gasteiger partial charge in [-0.15, -0.1) is 0 Å². The molecule has 3 heterocycles. The number of aryl methyl sites for hydroxylation is 3. The standard InChI is InChI=1S/C20H31N5O3/c1-13(2)27-11-10-24-6-8-25(9-7-24)20(26)19-18(16(5)28-23-19)12-17-14(3)21-22-15(17)4/h13H,6-12H2,1-5H3,(H,21,22). The van der Waals surface area contributed by atoms with Crippen LogP contribution in [0.5, 0.6) is 0 Å². The van der Waals surface area contributed by atoms with Crippen molar-refractivity contribution in [3.05, 3.63) is 34.0 Å². The minimum atomic E-state index is -0.0521. The number of nitrogens with zero attached hydrogens (tertiary/aromatic N) is 4. The van der Waals surface area contributed by atoms with E-state index in [2.05, 4.69) is 20.3 Å². The zero-order valence-electron chi connectivity index (χ0n) is 17.5. The van der Waals surface area contributed by atoms with Crippen molar-refractivity contribution in [2.45, 2.75) is 47.1 Å². The van der Waals surface area contributed by atoms with Crippen LogP contribution < -0.4 is 0 Å². The van der Waals surface area contributed by atoms with Gasteiger partial charge in [-0.3, -0.25) is 14.8 Å². The molecular formula is C20H31N5O3. The van der Waals surface area contributed by atoms with Crippen molar-refractivity contribution >= 4 is 5.91 Å². The molecule has 0 radical (unpaired) electrons. The van der Waals surface area contributed by atoms with Crippen LogP contribution in [0.1, 0.15) is 52.6 Å². The van der Waals surface area contributed by atoms with E-state index in [1.165, 1.54) is 0 Å². The summed E-state index contributed by atoms with van der Waals surface area (Å²) in [6.07, 6.45) is 0.844. The van der Waals surface area contributed by atoms with Crippen LogP contribution >= 0.6 is 0 Å². The highest BCUT2D eigenvalue weighted by molar-refractivity contribution is 5.94. The van der Waals surface area contributed by atoms with Gasteiger partial charge in [-0.25, -0.2) is 0 Å². The number of hydrogen-bond acceptors (Lipinski definition) is 6. The summed E-state index contributed by atoms with van der Waals surface area (Å²) in [6, 6.07) is 0. The van der Waals surface area contributed by atoms with Crippen molar-refractivity contribution < 1.29 is 14.1 Å². The Morgan fingerprint density at radius 2 is 1.89 bits per heavy atom. The third-order valence-electron chi connectivity index (χ3n) is 5.34. The molecule has 2 aromatic rings. The van der Waals surface area contributed by atoms with Gasteiger partial charge < -0.3 is 14.2 Å². The maximum atomic E-state index is 13.1. The lowest BCUT2D eigenvalue weighted by Gasteiger charge is -2.34. The average Bonchev–Trinajstić information content (AvgIpc) is 3.19. The predicted molar refractivity (Wildman–Crippen MR) is 106 cm³/mol. The highest BCUT2D eigenvalue weighted by Gasteiger charge is 2.28. The zero-order chi connectivity index (χ0) is 20.3. The van der Waals surface area contributed by atoms with Crippen molar-refractivity contribution in [2.24, 2.45) is 0 Å². The highest BCUT2D eigenvalue weighted by Crippen LogP contribution is 2.23. The van der Waals surface area contributed by atoms with E-state index in [1.807, 2.05) is 39.5 Å². The fourth-order valence-electron chi connectivity index (χ4n) is 3.52. The number of piperazine rings is 1. The third kappa shape index (κ3) is 4.62. The first-order valence-corrected chi connectivity index (χ1v) is 9.95. The molecule has 0 aromatic carbocycles. The molecule has 154 valence electrons. The quantitative estimate of drug-likeness (QED) is 0.780. The topological polar surface area (TPSA) is 87.5 Å². The first-order chi connectivity index (χ1) is 13.4. The number of carbonyl (C=O) groups excluding carboxylic acids is 1. The van der Waals surface area contributed by atoms with E-state index < -0.39 is 0 Å². The van der Waals surface area contributed by atoms with Gasteiger partial charge >= 0.3 is 0 Å². The second-order valence-corrected chi connectivity index (χ2v) is 7.71. The summed E-state index contributed by atoms with van der Waals surface area (Å²) >= 11 is 0. The molecule has 3 rings (SSSR count). The Bertz CT molecular complexity index is 783. The van der Waals surface area contributed by atoms with E-state index in [1.54, 1.807) is 0 Å². The number of aromatic nitrogens is 3. The van der Waals surface area contributed by atoms with E-state index in [-0.39, 0.29) is 12.0 Å². The predicted octanol–water partition coefficient (Wildman–Crippen LogP) is 2.10. The lowest BCUT2D eigenvalue weighted by Crippen LogP contribution is -2.49. The summed E-state index contributed by atoms with van der Waals surface area (Å²) in [6.45, 7) is 14.6. The maximum Gasteiger partial charge on any atom is 0.276 e. The first kappa shape index (κ1) is 20.5. The number of carbonyl (C=O) groups is 1. The fourth-order valence-corrected chi connectivity index (χ4v) is 3.52. The van der Waals surface area contributed by atoms with Crippen LogP contribution in [-0.4, -0.2) is 76.5 Å². The Kier molecular flexibility index (Phi) is 6.51. The highest BCUT2D eigenvalue weighted by atomic mass is 16.5. The van der Waals surface area contributed by atoms with Gasteiger partial charge in [0.1, 0.15) is 5.76 Å². The Labute approximate surface area is 166 Å². The van der Waals surface area contributed by atoms with Crippen LogP contribution in [0.25, 0.3) is 0 Å². The molecule has 1 fully saturated rings. The minimum absolute atomic E-state index is 0.0521. The molecule has 1 N–H and O–H groups in total. The second-order valence-electron chi connectivity index (χ2n) is 7.71. The van der Waals surface area contributed by atoms with Gasteiger partial charge in [0, 0.05) is 56.0 Å². The number of hydrogen-bond donors (Lipinski definition) is 1. The van der Waals surface area contributed by atoms with Gasteiger partial charge in [-0.05, 0) is 34.6 Å². The molecule has 2 aromatic heterocycles. The minimum Gasteiger partial charge on any atom is -0.377 e. The maximum absolute atomic E-state index is 13.1. The van der Waals surface area contributed by atoms with Crippen molar-refractivity contribution in [3.8, 4) is 0 Å². The molecule has 0 unspecified atom stereocenters. The number of rotatable bonds is 7. The number of ether oxygens (including phenoxy) is 1. The molecule has 8 nitrogen and oxygen atoms in total. The van der Waals surface area contributed by atoms with Gasteiger partial charge in [0.15, 0.2) is 5.69 Å². The summed E-state index contributed by atoms with van der Waals surface area (Å²) < 4.78 is 11.0. The molecule has 0 spiro atoms. The molecule has 1 amide bonds. The molecule has 1 aliphatic heterocycles. The molecule has 28 heavy (non-hydrogen) atoms. The average molecular weight is 390 g/mol. The second kappa shape index (κ2) is 8.87. The van der Waals surface area contributed by atoms with Crippen LogP contribution in [0.4, 0.5) is 0 Å². The van der Waals surface area contributed by atoms with Gasteiger partial charge in [0.25, 0.3) is 5.91 Å². The summed E-state index contributed by atoms with van der Waals surface area (Å²) in [5.74, 6) is 0.636. The Balaban J connectivity index is 1.63. The molecule has 1 saturated heterocycles. The van der Waals surface area contributed by atoms with Gasteiger partial charge in [0.2, 0.25) is 0 Å². The molecule has 8 heteroatoms. The molecule has 0 saturated carbocycles. The fraction of sp³-hybridized carbons (Fsp3) is 0.650. The monoisotopic (exact) mass is 389 g/mol. The summed E-state index contributed by atoms with van der Waals surface area (Å²) in [7, 11) is 0. The Morgan fingerprint density at radius 1 is 1.18 bits per heavy atom. The molecule has 0 bridgehead atoms. The van der Waals surface area contributed by atoms with Gasteiger partial charge in [0.05, 0.1) is 18.4 Å². The van der Waals surface area contributed by atoms with Crippen molar-refractivity contribution in [3.63, 3.8) is 0 Å². The lowest BCUT2D eigenvalue weighted by molar-refractivity contribution is 0.0403. The van der Waals surface area contributed by atoms with E-state index in [4.69, 9.17) is 9.26 Å². The summed E-state index contributed by atoms with van der Waals surface area (Å²) in [4.78, 5) is 17.3. The van der Waals surface area contributed by atoms with E-state index >= 15 is 0 Å². The number of H-pyrrole nitrogens is 1. The van der Waals surface area contributed by atoms with Crippen LogP contribution in [0.2, 0.25) is 0 Å². The van der Waals surface area contributed by atoms with E-state index in [9.17, 15) is 4.79 Å². The van der Waals surface area contributed by atoms with Gasteiger partial charge in [-0.2, -0.15) is 5.10 Å². The normalized spacial score (nSPS) is 15.6. The number of aromatic amines is 1. The molecule has 0 atom stereocenters. The Hall–Kier alpha value is -2.19. The van der Waals surface area contributed by atoms with E-state index in [0.717, 1.165) is 48.8 Å². The largest absolute Gasteiger partial charge is 0.377 e. The summed E-state index contributed by atoms with van der Waals surface area (Å²) in [5.41, 5.74) is 4.32. The smallest absolute Gasteiger partial charge is 0.276 e. The van der Waals surface area contributed by atoms with E-state index in [0.29, 0.717) is 31.0 Å². The number of amides is 1. The first-order valence-electron chi connectivity index (χ1n) is 9.95. The van der Waals surface area contributed by atoms with Crippen molar-refractivity contribution in [1.82, 2.24) is 25.2 Å². The zero-order valence-corrected chi connectivity index (χ0v) is 17.5. The molecule has 0 aliphatic carbocycles. The number of nitrogens with one attached hydrogen (secondary N) is 1. The van der Waals surface area contributed by atoms with Crippen molar-refractivity contribution in [1.29, 1.82) is 0 Å². The SMILES string of the molecule is Cc1n[nH]c(C)c1Cc1c(C(=O)N2CCN(CCOC(C)C)CC2)noc1C. The van der Waals surface area contributed by atoms with Crippen molar-refractivity contribution in [2.75, 3.05) is 39.3 Å². The van der Waals surface area contributed by atoms with Crippen LogP contribution in [0, 0.1) is 20.8 Å². The third-order valence-corrected chi connectivity index (χ3v) is 5.34.